The second kappa shape index (κ2) is 6.39. The predicted molar refractivity (Wildman–Crippen MR) is 97.3 cm³/mol. The van der Waals surface area contributed by atoms with Crippen molar-refractivity contribution in [3.8, 4) is 28.5 Å². The van der Waals surface area contributed by atoms with Crippen LogP contribution in [0, 0.1) is 11.3 Å². The minimum absolute atomic E-state index is 0.0603. The zero-order chi connectivity index (χ0) is 20.8. The number of nitrogens with zero attached hydrogens (tertiary/aromatic N) is 2. The van der Waals surface area contributed by atoms with E-state index in [9.17, 15) is 18.0 Å². The molecule has 138 valence electrons. The number of halogens is 3. The van der Waals surface area contributed by atoms with Crippen LogP contribution in [-0.2, 0) is 6.18 Å². The number of rotatable bonds is 2. The molecule has 0 spiro atoms. The van der Waals surface area contributed by atoms with Gasteiger partial charge in [0.1, 0.15) is 17.4 Å². The zero-order valence-electron chi connectivity index (χ0n) is 15.1. The molecule has 0 fully saturated rings. The summed E-state index contributed by atoms with van der Waals surface area (Å²) in [7, 11) is 0. The van der Waals surface area contributed by atoms with Gasteiger partial charge in [0.15, 0.2) is 0 Å². The van der Waals surface area contributed by atoms with E-state index in [2.05, 4.69) is 15.0 Å². The van der Waals surface area contributed by atoms with E-state index in [1.165, 1.54) is 30.5 Å². The molecule has 28 heavy (non-hydrogen) atoms. The van der Waals surface area contributed by atoms with Crippen LogP contribution in [0.1, 0.15) is 12.6 Å². The Bertz CT molecular complexity index is 1350. The Morgan fingerprint density at radius 3 is 2.68 bits per heavy atom. The molecule has 0 unspecified atom stereocenters. The Kier molecular flexibility index (Phi) is 3.72. The lowest BCUT2D eigenvalue weighted by molar-refractivity contribution is -0.137. The van der Waals surface area contributed by atoms with Crippen molar-refractivity contribution in [2.45, 2.75) is 6.18 Å². The number of benzene rings is 1. The first kappa shape index (κ1) is 16.3. The fourth-order valence-electron chi connectivity index (χ4n) is 3.08. The SMILES string of the molecule is [2H]c1cccc(-c2cc(-c3ccnc4[nH]c(C#N)cc34)cc(=O)[nH]2)c1C(F)(F)F. The molecule has 0 amide bonds. The molecule has 4 rings (SSSR count). The molecule has 2 N–H and O–H groups in total. The van der Waals surface area contributed by atoms with Crippen LogP contribution in [0.15, 0.2) is 59.5 Å². The molecular formula is C20H11F3N4O. The normalized spacial score (nSPS) is 12.0. The number of alkyl halides is 3. The van der Waals surface area contributed by atoms with E-state index in [4.69, 9.17) is 6.63 Å². The van der Waals surface area contributed by atoms with Gasteiger partial charge < -0.3 is 9.97 Å². The third-order valence-corrected chi connectivity index (χ3v) is 4.24. The van der Waals surface area contributed by atoms with Gasteiger partial charge in [-0.3, -0.25) is 4.79 Å². The summed E-state index contributed by atoms with van der Waals surface area (Å²) >= 11 is 0. The van der Waals surface area contributed by atoms with Gasteiger partial charge in [-0.25, -0.2) is 4.98 Å². The monoisotopic (exact) mass is 381 g/mol. The summed E-state index contributed by atoms with van der Waals surface area (Å²) < 4.78 is 48.2. The average molecular weight is 381 g/mol. The van der Waals surface area contributed by atoms with Gasteiger partial charge in [-0.1, -0.05) is 18.2 Å². The van der Waals surface area contributed by atoms with Crippen molar-refractivity contribution in [3.63, 3.8) is 0 Å². The van der Waals surface area contributed by atoms with Crippen molar-refractivity contribution >= 4 is 11.0 Å². The van der Waals surface area contributed by atoms with Crippen LogP contribution in [0.2, 0.25) is 0 Å². The number of hydrogen-bond acceptors (Lipinski definition) is 3. The van der Waals surface area contributed by atoms with Crippen molar-refractivity contribution in [2.75, 3.05) is 0 Å². The Labute approximate surface area is 157 Å². The maximum atomic E-state index is 13.5. The van der Waals surface area contributed by atoms with Crippen LogP contribution in [0.3, 0.4) is 0 Å². The van der Waals surface area contributed by atoms with Crippen LogP contribution in [-0.4, -0.2) is 15.0 Å². The molecule has 0 radical (unpaired) electrons. The molecule has 3 heterocycles. The van der Waals surface area contributed by atoms with Crippen LogP contribution in [0.25, 0.3) is 33.4 Å². The summed E-state index contributed by atoms with van der Waals surface area (Å²) in [5, 5.41) is 9.64. The summed E-state index contributed by atoms with van der Waals surface area (Å²) in [6, 6.07) is 10.7. The van der Waals surface area contributed by atoms with Crippen molar-refractivity contribution in [1.29, 1.82) is 5.26 Å². The van der Waals surface area contributed by atoms with Gasteiger partial charge in [-0.2, -0.15) is 18.4 Å². The Balaban J connectivity index is 1.97. The standard InChI is InChI=1S/C20H11F3N4O/c21-20(22,23)16-4-2-1-3-14(16)17-7-11(8-18(28)27-17)13-5-6-25-19-15(13)9-12(10-24)26-19/h1-9H,(H,25,26)(H,27,28)/i4D. The Morgan fingerprint density at radius 1 is 1.11 bits per heavy atom. The topological polar surface area (TPSA) is 85.3 Å². The minimum Gasteiger partial charge on any atom is -0.331 e. The first-order chi connectivity index (χ1) is 13.8. The number of nitrogens with one attached hydrogen (secondary N) is 2. The van der Waals surface area contributed by atoms with E-state index in [1.54, 1.807) is 12.1 Å². The van der Waals surface area contributed by atoms with Crippen molar-refractivity contribution < 1.29 is 14.5 Å². The van der Waals surface area contributed by atoms with Gasteiger partial charge in [0.05, 0.1) is 6.93 Å². The Hall–Kier alpha value is -3.86. The van der Waals surface area contributed by atoms with Crippen LogP contribution >= 0.6 is 0 Å². The summed E-state index contributed by atoms with van der Waals surface area (Å²) in [4.78, 5) is 21.6. The van der Waals surface area contributed by atoms with Crippen molar-refractivity contribution in [1.82, 2.24) is 15.0 Å². The van der Waals surface area contributed by atoms with Crippen molar-refractivity contribution in [3.05, 3.63) is 76.3 Å². The van der Waals surface area contributed by atoms with Gasteiger partial charge in [0.25, 0.3) is 0 Å². The lowest BCUT2D eigenvalue weighted by Crippen LogP contribution is -2.10. The van der Waals surface area contributed by atoms with Crippen molar-refractivity contribution in [2.24, 2.45) is 0 Å². The molecule has 0 aliphatic heterocycles. The second-order valence-electron chi connectivity index (χ2n) is 6.02. The maximum Gasteiger partial charge on any atom is 0.417 e. The molecule has 0 saturated heterocycles. The quantitative estimate of drug-likeness (QED) is 0.537. The fourth-order valence-corrected chi connectivity index (χ4v) is 3.08. The Morgan fingerprint density at radius 2 is 1.93 bits per heavy atom. The number of aromatic nitrogens is 3. The number of pyridine rings is 2. The first-order valence-corrected chi connectivity index (χ1v) is 8.07. The molecule has 3 aromatic heterocycles. The number of fused-ring (bicyclic) bond motifs is 1. The number of aromatic amines is 2. The van der Waals surface area contributed by atoms with Gasteiger partial charge >= 0.3 is 6.18 Å². The number of H-pyrrole nitrogens is 2. The first-order valence-electron chi connectivity index (χ1n) is 8.57. The van der Waals surface area contributed by atoms with Crippen LogP contribution in [0.5, 0.6) is 0 Å². The fraction of sp³-hybridized carbons (Fsp3) is 0.0500. The van der Waals surface area contributed by atoms with E-state index < -0.39 is 23.3 Å². The zero-order valence-corrected chi connectivity index (χ0v) is 14.1. The van der Waals surface area contributed by atoms with E-state index in [0.717, 1.165) is 6.07 Å². The summed E-state index contributed by atoms with van der Waals surface area (Å²) in [5.74, 6) is 0. The molecule has 0 bridgehead atoms. The highest BCUT2D eigenvalue weighted by Crippen LogP contribution is 2.37. The van der Waals surface area contributed by atoms with E-state index in [0.29, 0.717) is 22.2 Å². The summed E-state index contributed by atoms with van der Waals surface area (Å²) in [6.07, 6.45) is -3.28. The van der Waals surface area contributed by atoms with Gasteiger partial charge in [-0.05, 0) is 35.4 Å². The highest BCUT2D eigenvalue weighted by Gasteiger charge is 2.33. The minimum atomic E-state index is -4.76. The molecule has 0 aliphatic carbocycles. The van der Waals surface area contributed by atoms with Gasteiger partial charge in [0.2, 0.25) is 5.56 Å². The molecule has 0 atom stereocenters. The van der Waals surface area contributed by atoms with Crippen LogP contribution < -0.4 is 5.56 Å². The number of hydrogen-bond donors (Lipinski definition) is 2. The predicted octanol–water partition coefficient (Wildman–Crippen LogP) is 4.48. The van der Waals surface area contributed by atoms with E-state index in [1.807, 2.05) is 6.07 Å². The third kappa shape index (κ3) is 3.03. The molecule has 5 nitrogen and oxygen atoms in total. The average Bonchev–Trinajstić information content (AvgIpc) is 3.09. The van der Waals surface area contributed by atoms with Crippen LogP contribution in [0.4, 0.5) is 13.2 Å². The highest BCUT2D eigenvalue weighted by molar-refractivity contribution is 5.94. The maximum absolute atomic E-state index is 13.5. The summed E-state index contributed by atoms with van der Waals surface area (Å²) in [5.41, 5.74) is -0.478. The lowest BCUT2D eigenvalue weighted by Gasteiger charge is -2.13. The van der Waals surface area contributed by atoms with Gasteiger partial charge in [-0.15, -0.1) is 0 Å². The second-order valence-corrected chi connectivity index (χ2v) is 6.02. The lowest BCUT2D eigenvalue weighted by atomic mass is 9.99. The van der Waals surface area contributed by atoms with E-state index in [-0.39, 0.29) is 17.0 Å². The largest absolute Gasteiger partial charge is 0.417 e. The smallest absolute Gasteiger partial charge is 0.331 e. The molecule has 4 aromatic rings. The highest BCUT2D eigenvalue weighted by atomic mass is 19.4. The van der Waals surface area contributed by atoms with E-state index >= 15 is 0 Å². The molecule has 0 saturated carbocycles. The molecule has 1 aromatic carbocycles. The molecular weight excluding hydrogens is 369 g/mol. The summed E-state index contributed by atoms with van der Waals surface area (Å²) in [6.45, 7) is 0. The van der Waals surface area contributed by atoms with Gasteiger partial charge in [0, 0.05) is 28.9 Å². The molecule has 8 heteroatoms. The molecule has 0 aliphatic rings. The number of nitriles is 1. The third-order valence-electron chi connectivity index (χ3n) is 4.24.